The van der Waals surface area contributed by atoms with Crippen LogP contribution in [0, 0.1) is 5.92 Å². The Morgan fingerprint density at radius 1 is 1.38 bits per heavy atom. The van der Waals surface area contributed by atoms with Crippen molar-refractivity contribution >= 4 is 0 Å². The van der Waals surface area contributed by atoms with Crippen LogP contribution in [-0.4, -0.2) is 16.2 Å². The van der Waals surface area contributed by atoms with Crippen LogP contribution < -0.4 is 5.32 Å². The van der Waals surface area contributed by atoms with E-state index in [2.05, 4.69) is 22.4 Å². The Morgan fingerprint density at radius 3 is 3.00 bits per heavy atom. The van der Waals surface area contributed by atoms with E-state index < -0.39 is 0 Å². The van der Waals surface area contributed by atoms with Crippen molar-refractivity contribution in [1.29, 1.82) is 0 Å². The summed E-state index contributed by atoms with van der Waals surface area (Å²) in [7, 11) is 0. The SMILES string of the molecule is CCC1CCCCC1NCc1cccnn1. The van der Waals surface area contributed by atoms with Crippen LogP contribution in [0.5, 0.6) is 0 Å². The molecule has 88 valence electrons. The molecule has 0 saturated heterocycles. The second-order valence-electron chi connectivity index (χ2n) is 4.66. The van der Waals surface area contributed by atoms with E-state index in [0.29, 0.717) is 6.04 Å². The Hall–Kier alpha value is -0.960. The van der Waals surface area contributed by atoms with Crippen LogP contribution in [0.2, 0.25) is 0 Å². The van der Waals surface area contributed by atoms with Crippen molar-refractivity contribution in [3.63, 3.8) is 0 Å². The van der Waals surface area contributed by atoms with E-state index in [1.165, 1.54) is 32.1 Å². The highest BCUT2D eigenvalue weighted by molar-refractivity contribution is 4.99. The summed E-state index contributed by atoms with van der Waals surface area (Å²) in [5.41, 5.74) is 1.04. The fourth-order valence-electron chi connectivity index (χ4n) is 2.63. The van der Waals surface area contributed by atoms with E-state index >= 15 is 0 Å². The summed E-state index contributed by atoms with van der Waals surface area (Å²) >= 11 is 0. The van der Waals surface area contributed by atoms with Gasteiger partial charge in [0, 0.05) is 18.8 Å². The van der Waals surface area contributed by atoms with Crippen LogP contribution in [-0.2, 0) is 6.54 Å². The third kappa shape index (κ3) is 3.01. The zero-order valence-corrected chi connectivity index (χ0v) is 10.0. The standard InChI is InChI=1S/C13H21N3/c1-2-11-6-3-4-8-13(11)14-10-12-7-5-9-15-16-12/h5,7,9,11,13-14H,2-4,6,8,10H2,1H3. The minimum atomic E-state index is 0.681. The molecule has 1 aromatic heterocycles. The van der Waals surface area contributed by atoms with Gasteiger partial charge >= 0.3 is 0 Å². The molecule has 1 N–H and O–H groups in total. The summed E-state index contributed by atoms with van der Waals surface area (Å²) in [4.78, 5) is 0. The first-order chi connectivity index (χ1) is 7.90. The predicted octanol–water partition coefficient (Wildman–Crippen LogP) is 2.54. The molecule has 1 aliphatic carbocycles. The number of nitrogens with one attached hydrogen (secondary N) is 1. The van der Waals surface area contributed by atoms with Gasteiger partial charge in [0.25, 0.3) is 0 Å². The van der Waals surface area contributed by atoms with Gasteiger partial charge in [0.05, 0.1) is 5.69 Å². The maximum Gasteiger partial charge on any atom is 0.0769 e. The number of rotatable bonds is 4. The molecule has 2 unspecified atom stereocenters. The maximum absolute atomic E-state index is 4.10. The molecule has 2 rings (SSSR count). The van der Waals surface area contributed by atoms with Crippen molar-refractivity contribution in [3.05, 3.63) is 24.0 Å². The molecule has 0 amide bonds. The molecular weight excluding hydrogens is 198 g/mol. The monoisotopic (exact) mass is 219 g/mol. The molecule has 1 fully saturated rings. The van der Waals surface area contributed by atoms with Crippen molar-refractivity contribution in [2.75, 3.05) is 0 Å². The molecular formula is C13H21N3. The van der Waals surface area contributed by atoms with E-state index in [-0.39, 0.29) is 0 Å². The summed E-state index contributed by atoms with van der Waals surface area (Å²) < 4.78 is 0. The molecule has 1 aromatic rings. The van der Waals surface area contributed by atoms with Crippen LogP contribution >= 0.6 is 0 Å². The summed E-state index contributed by atoms with van der Waals surface area (Å²) in [6.45, 7) is 3.15. The van der Waals surface area contributed by atoms with Gasteiger partial charge in [-0.15, -0.1) is 0 Å². The van der Waals surface area contributed by atoms with Gasteiger partial charge in [-0.2, -0.15) is 10.2 Å². The Kier molecular flexibility index (Phi) is 4.28. The smallest absolute Gasteiger partial charge is 0.0769 e. The normalized spacial score (nSPS) is 25.6. The lowest BCUT2D eigenvalue weighted by atomic mass is 9.83. The average molecular weight is 219 g/mol. The molecule has 0 aromatic carbocycles. The number of aromatic nitrogens is 2. The van der Waals surface area contributed by atoms with Gasteiger partial charge in [-0.3, -0.25) is 0 Å². The molecule has 0 bridgehead atoms. The molecule has 3 heteroatoms. The Bertz CT molecular complexity index is 299. The van der Waals surface area contributed by atoms with Crippen molar-refractivity contribution in [2.45, 2.75) is 51.6 Å². The highest BCUT2D eigenvalue weighted by Crippen LogP contribution is 2.26. The van der Waals surface area contributed by atoms with Crippen molar-refractivity contribution in [2.24, 2.45) is 5.92 Å². The highest BCUT2D eigenvalue weighted by Gasteiger charge is 2.22. The van der Waals surface area contributed by atoms with Crippen LogP contribution in [0.4, 0.5) is 0 Å². The third-order valence-corrected chi connectivity index (χ3v) is 3.61. The van der Waals surface area contributed by atoms with Gasteiger partial charge in [-0.25, -0.2) is 0 Å². The molecule has 2 atom stereocenters. The van der Waals surface area contributed by atoms with Gasteiger partial charge in [-0.1, -0.05) is 26.2 Å². The zero-order valence-electron chi connectivity index (χ0n) is 10.0. The number of hydrogen-bond acceptors (Lipinski definition) is 3. The summed E-state index contributed by atoms with van der Waals surface area (Å²) in [5, 5.41) is 11.6. The molecule has 3 nitrogen and oxygen atoms in total. The average Bonchev–Trinajstić information content (AvgIpc) is 2.38. The molecule has 1 aliphatic rings. The van der Waals surface area contributed by atoms with Crippen molar-refractivity contribution < 1.29 is 0 Å². The van der Waals surface area contributed by atoms with E-state index in [1.54, 1.807) is 6.20 Å². The van der Waals surface area contributed by atoms with E-state index in [0.717, 1.165) is 18.2 Å². The van der Waals surface area contributed by atoms with Gasteiger partial charge in [-0.05, 0) is 30.9 Å². The molecule has 1 saturated carbocycles. The summed E-state index contributed by atoms with van der Waals surface area (Å²) in [5.74, 6) is 0.852. The van der Waals surface area contributed by atoms with Crippen LogP contribution in [0.25, 0.3) is 0 Å². The highest BCUT2D eigenvalue weighted by atomic mass is 15.1. The van der Waals surface area contributed by atoms with Gasteiger partial charge in [0.1, 0.15) is 0 Å². The lowest BCUT2D eigenvalue weighted by molar-refractivity contribution is 0.253. The maximum atomic E-state index is 4.10. The second kappa shape index (κ2) is 5.94. The molecule has 16 heavy (non-hydrogen) atoms. The van der Waals surface area contributed by atoms with E-state index in [1.807, 2.05) is 12.1 Å². The van der Waals surface area contributed by atoms with Gasteiger partial charge in [0.15, 0.2) is 0 Å². The third-order valence-electron chi connectivity index (χ3n) is 3.61. The first-order valence-corrected chi connectivity index (χ1v) is 6.40. The largest absolute Gasteiger partial charge is 0.308 e. The first kappa shape index (κ1) is 11.5. The lowest BCUT2D eigenvalue weighted by Gasteiger charge is -2.31. The van der Waals surface area contributed by atoms with Gasteiger partial charge in [0.2, 0.25) is 0 Å². The fraction of sp³-hybridized carbons (Fsp3) is 0.692. The van der Waals surface area contributed by atoms with E-state index in [4.69, 9.17) is 0 Å². The first-order valence-electron chi connectivity index (χ1n) is 6.40. The Labute approximate surface area is 97.7 Å². The number of nitrogens with zero attached hydrogens (tertiary/aromatic N) is 2. The number of hydrogen-bond donors (Lipinski definition) is 1. The molecule has 1 heterocycles. The van der Waals surface area contributed by atoms with Crippen LogP contribution in [0.1, 0.15) is 44.7 Å². The van der Waals surface area contributed by atoms with Crippen LogP contribution in [0.3, 0.4) is 0 Å². The van der Waals surface area contributed by atoms with Gasteiger partial charge < -0.3 is 5.32 Å². The van der Waals surface area contributed by atoms with Crippen molar-refractivity contribution in [3.8, 4) is 0 Å². The summed E-state index contributed by atoms with van der Waals surface area (Å²) in [6.07, 6.45) is 8.49. The van der Waals surface area contributed by atoms with E-state index in [9.17, 15) is 0 Å². The minimum absolute atomic E-state index is 0.681. The predicted molar refractivity (Wildman–Crippen MR) is 64.9 cm³/mol. The zero-order chi connectivity index (χ0) is 11.2. The molecule has 0 spiro atoms. The molecule has 0 radical (unpaired) electrons. The Balaban J connectivity index is 1.84. The quantitative estimate of drug-likeness (QED) is 0.845. The van der Waals surface area contributed by atoms with Crippen molar-refractivity contribution in [1.82, 2.24) is 15.5 Å². The molecule has 0 aliphatic heterocycles. The lowest BCUT2D eigenvalue weighted by Crippen LogP contribution is -2.38. The topological polar surface area (TPSA) is 37.8 Å². The fourth-order valence-corrected chi connectivity index (χ4v) is 2.63. The second-order valence-corrected chi connectivity index (χ2v) is 4.66. The minimum Gasteiger partial charge on any atom is -0.308 e. The van der Waals surface area contributed by atoms with Crippen LogP contribution in [0.15, 0.2) is 18.3 Å². The summed E-state index contributed by atoms with van der Waals surface area (Å²) in [6, 6.07) is 4.66. The Morgan fingerprint density at radius 2 is 2.25 bits per heavy atom.